The van der Waals surface area contributed by atoms with Crippen molar-refractivity contribution in [2.75, 3.05) is 0 Å². The Kier molecular flexibility index (Phi) is 3.76. The average molecular weight is 260 g/mol. The molecule has 0 spiro atoms. The number of nitrogens with zero attached hydrogens (tertiary/aromatic N) is 1. The molecule has 0 unspecified atom stereocenters. The highest BCUT2D eigenvalue weighted by atomic mass is 35.5. The molecule has 0 radical (unpaired) electrons. The van der Waals surface area contributed by atoms with Crippen LogP contribution in [0.4, 0.5) is 0 Å². The molecule has 0 bridgehead atoms. The van der Waals surface area contributed by atoms with Gasteiger partial charge in [0.05, 0.1) is 4.75 Å². The summed E-state index contributed by atoms with van der Waals surface area (Å²) in [5, 5.41) is 0.553. The Balaban J connectivity index is 2.99. The minimum Gasteiger partial charge on any atom is -0.204 e. The zero-order chi connectivity index (χ0) is 12.4. The van der Waals surface area contributed by atoms with E-state index in [-0.39, 0.29) is 0 Å². The molecular weight excluding hydrogens is 246 g/mol. The molecule has 88 valence electrons. The van der Waals surface area contributed by atoms with E-state index in [2.05, 4.69) is 4.40 Å². The maximum Gasteiger partial charge on any atom is 0.258 e. The maximum absolute atomic E-state index is 11.7. The normalized spacial score (nSPS) is 13.2. The van der Waals surface area contributed by atoms with Gasteiger partial charge in [-0.2, -0.15) is 4.40 Å². The summed E-state index contributed by atoms with van der Waals surface area (Å²) < 4.78 is 26.1. The van der Waals surface area contributed by atoms with Crippen molar-refractivity contribution >= 4 is 27.8 Å². The van der Waals surface area contributed by atoms with E-state index >= 15 is 0 Å². The molecule has 0 saturated heterocycles. The lowest BCUT2D eigenvalue weighted by atomic mass is 10.2. The highest BCUT2D eigenvalue weighted by Crippen LogP contribution is 2.17. The van der Waals surface area contributed by atoms with Gasteiger partial charge in [-0.1, -0.05) is 23.7 Å². The number of hydrogen-bond acceptors (Lipinski definition) is 2. The summed E-state index contributed by atoms with van der Waals surface area (Å²) >= 11 is 5.77. The molecule has 3 nitrogen and oxygen atoms in total. The maximum atomic E-state index is 11.7. The molecular formula is C11H14ClNO2S. The Labute approximate surface area is 101 Å². The molecule has 16 heavy (non-hydrogen) atoms. The average Bonchev–Trinajstić information content (AvgIpc) is 2.13. The van der Waals surface area contributed by atoms with Crippen LogP contribution in [0.5, 0.6) is 0 Å². The van der Waals surface area contributed by atoms with Crippen LogP contribution in [0.3, 0.4) is 0 Å². The highest BCUT2D eigenvalue weighted by Gasteiger charge is 2.27. The molecule has 0 aliphatic heterocycles. The Morgan fingerprint density at radius 1 is 1.31 bits per heavy atom. The van der Waals surface area contributed by atoms with Gasteiger partial charge in [0.1, 0.15) is 0 Å². The number of hydrogen-bond donors (Lipinski definition) is 0. The molecule has 0 aromatic heterocycles. The molecule has 1 rings (SSSR count). The zero-order valence-electron chi connectivity index (χ0n) is 9.44. The van der Waals surface area contributed by atoms with Crippen molar-refractivity contribution in [1.82, 2.24) is 0 Å². The SMILES string of the molecule is CC(C)(C)S(=O)(=O)/N=C/c1cccc(Cl)c1. The lowest BCUT2D eigenvalue weighted by Gasteiger charge is -2.14. The van der Waals surface area contributed by atoms with Gasteiger partial charge in [-0.15, -0.1) is 0 Å². The van der Waals surface area contributed by atoms with E-state index in [1.165, 1.54) is 6.21 Å². The summed E-state index contributed by atoms with van der Waals surface area (Å²) in [4.78, 5) is 0. The molecule has 0 N–H and O–H groups in total. The van der Waals surface area contributed by atoms with Gasteiger partial charge >= 0.3 is 0 Å². The van der Waals surface area contributed by atoms with E-state index in [9.17, 15) is 8.42 Å². The first-order valence-corrected chi connectivity index (χ1v) is 6.60. The first-order valence-electron chi connectivity index (χ1n) is 4.78. The summed E-state index contributed by atoms with van der Waals surface area (Å²) in [5.74, 6) is 0. The second-order valence-corrected chi connectivity index (χ2v) is 7.20. The fourth-order valence-corrected chi connectivity index (χ4v) is 1.65. The van der Waals surface area contributed by atoms with Crippen molar-refractivity contribution in [1.29, 1.82) is 0 Å². The van der Waals surface area contributed by atoms with Crippen LogP contribution in [-0.2, 0) is 10.0 Å². The Bertz CT molecular complexity index is 501. The quantitative estimate of drug-likeness (QED) is 0.767. The molecule has 5 heteroatoms. The number of sulfonamides is 1. The van der Waals surface area contributed by atoms with Gasteiger partial charge < -0.3 is 0 Å². The van der Waals surface area contributed by atoms with E-state index in [4.69, 9.17) is 11.6 Å². The predicted octanol–water partition coefficient (Wildman–Crippen LogP) is 2.89. The third kappa shape index (κ3) is 3.32. The second kappa shape index (κ2) is 4.55. The zero-order valence-corrected chi connectivity index (χ0v) is 11.0. The van der Waals surface area contributed by atoms with Gasteiger partial charge in [0.25, 0.3) is 10.0 Å². The molecule has 0 heterocycles. The van der Waals surface area contributed by atoms with Crippen molar-refractivity contribution in [3.8, 4) is 0 Å². The summed E-state index contributed by atoms with van der Waals surface area (Å²) in [7, 11) is -3.48. The molecule has 1 aromatic carbocycles. The molecule has 1 aromatic rings. The van der Waals surface area contributed by atoms with Crippen LogP contribution < -0.4 is 0 Å². The fourth-order valence-electron chi connectivity index (χ4n) is 0.875. The summed E-state index contributed by atoms with van der Waals surface area (Å²) in [5.41, 5.74) is 0.667. The highest BCUT2D eigenvalue weighted by molar-refractivity contribution is 7.91. The molecule has 0 aliphatic carbocycles. The van der Waals surface area contributed by atoms with Crippen molar-refractivity contribution < 1.29 is 8.42 Å². The van der Waals surface area contributed by atoms with Gasteiger partial charge in [0.15, 0.2) is 0 Å². The minimum absolute atomic E-state index is 0.553. The van der Waals surface area contributed by atoms with Crippen LogP contribution in [0, 0.1) is 0 Å². The molecule has 0 amide bonds. The number of benzene rings is 1. The smallest absolute Gasteiger partial charge is 0.204 e. The second-order valence-electron chi connectivity index (χ2n) is 4.38. The standard InChI is InChI=1S/C11H14ClNO2S/c1-11(2,3)16(14,15)13-8-9-5-4-6-10(12)7-9/h4-8H,1-3H3/b13-8+. The van der Waals surface area contributed by atoms with Gasteiger partial charge in [0.2, 0.25) is 0 Å². The lowest BCUT2D eigenvalue weighted by Crippen LogP contribution is -2.25. The van der Waals surface area contributed by atoms with Crippen LogP contribution in [-0.4, -0.2) is 19.4 Å². The number of halogens is 1. The van der Waals surface area contributed by atoms with Crippen molar-refractivity contribution in [2.45, 2.75) is 25.5 Å². The summed E-state index contributed by atoms with van der Waals surface area (Å²) in [6.07, 6.45) is 1.31. The van der Waals surface area contributed by atoms with Gasteiger partial charge in [-0.25, -0.2) is 8.42 Å². The van der Waals surface area contributed by atoms with E-state index in [1.54, 1.807) is 45.0 Å². The molecule has 0 aliphatic rings. The monoisotopic (exact) mass is 259 g/mol. The van der Waals surface area contributed by atoms with E-state index in [0.717, 1.165) is 0 Å². The van der Waals surface area contributed by atoms with E-state index in [1.807, 2.05) is 0 Å². The van der Waals surface area contributed by atoms with Gasteiger partial charge in [-0.05, 0) is 38.5 Å². The summed E-state index contributed by atoms with van der Waals surface area (Å²) in [6, 6.07) is 6.86. The largest absolute Gasteiger partial charge is 0.258 e. The van der Waals surface area contributed by atoms with E-state index in [0.29, 0.717) is 10.6 Å². The first-order chi connectivity index (χ1) is 7.22. The summed E-state index contributed by atoms with van der Waals surface area (Å²) in [6.45, 7) is 4.83. The first kappa shape index (κ1) is 13.2. The number of rotatable bonds is 2. The Hall–Kier alpha value is -0.870. The Morgan fingerprint density at radius 3 is 2.44 bits per heavy atom. The predicted molar refractivity (Wildman–Crippen MR) is 67.7 cm³/mol. The third-order valence-electron chi connectivity index (χ3n) is 1.96. The van der Waals surface area contributed by atoms with Crippen LogP contribution >= 0.6 is 11.6 Å². The van der Waals surface area contributed by atoms with Crippen molar-refractivity contribution in [2.24, 2.45) is 4.40 Å². The van der Waals surface area contributed by atoms with Crippen LogP contribution in [0.25, 0.3) is 0 Å². The Morgan fingerprint density at radius 2 is 1.94 bits per heavy atom. The topological polar surface area (TPSA) is 46.5 Å². The minimum atomic E-state index is -3.48. The molecule has 0 atom stereocenters. The van der Waals surface area contributed by atoms with Crippen molar-refractivity contribution in [3.05, 3.63) is 34.9 Å². The van der Waals surface area contributed by atoms with Gasteiger partial charge in [-0.3, -0.25) is 0 Å². The molecule has 0 saturated carbocycles. The van der Waals surface area contributed by atoms with Crippen molar-refractivity contribution in [3.63, 3.8) is 0 Å². The van der Waals surface area contributed by atoms with E-state index < -0.39 is 14.8 Å². The molecule has 0 fully saturated rings. The lowest BCUT2D eigenvalue weighted by molar-refractivity contribution is 0.562. The third-order valence-corrected chi connectivity index (χ3v) is 4.13. The van der Waals surface area contributed by atoms with Crippen LogP contribution in [0.1, 0.15) is 26.3 Å². The van der Waals surface area contributed by atoms with Crippen LogP contribution in [0.2, 0.25) is 5.02 Å². The van der Waals surface area contributed by atoms with Gasteiger partial charge in [0, 0.05) is 11.2 Å². The fraction of sp³-hybridized carbons (Fsp3) is 0.364. The van der Waals surface area contributed by atoms with Crippen LogP contribution in [0.15, 0.2) is 28.7 Å².